The Morgan fingerprint density at radius 2 is 1.41 bits per heavy atom. The Morgan fingerprint density at radius 1 is 0.773 bits per heavy atom. The molecule has 13 heteroatoms. The zero-order valence-corrected chi connectivity index (χ0v) is 24.6. The molecule has 3 aromatic carbocycles. The van der Waals surface area contributed by atoms with E-state index in [0.717, 1.165) is 0 Å². The second-order valence-electron chi connectivity index (χ2n) is 9.75. The van der Waals surface area contributed by atoms with Gasteiger partial charge in [0.2, 0.25) is 0 Å². The molecule has 13 nitrogen and oxygen atoms in total. The first-order valence-electron chi connectivity index (χ1n) is 13.5. The van der Waals surface area contributed by atoms with Gasteiger partial charge in [-0.05, 0) is 53.1 Å². The number of carbonyl (C=O) groups excluding carboxylic acids is 4. The fraction of sp³-hybridized carbons (Fsp3) is 0.258. The van der Waals surface area contributed by atoms with Crippen LogP contribution in [0.1, 0.15) is 60.8 Å². The molecule has 0 radical (unpaired) electrons. The van der Waals surface area contributed by atoms with Crippen molar-refractivity contribution in [2.45, 2.75) is 20.5 Å². The maximum absolute atomic E-state index is 13.4. The van der Waals surface area contributed by atoms with Gasteiger partial charge in [-0.1, -0.05) is 32.0 Å². The van der Waals surface area contributed by atoms with E-state index in [2.05, 4.69) is 20.8 Å². The quantitative estimate of drug-likeness (QED) is 0.0816. The summed E-state index contributed by atoms with van der Waals surface area (Å²) in [7, 11) is 3.06. The third-order valence-corrected chi connectivity index (χ3v) is 6.38. The van der Waals surface area contributed by atoms with E-state index in [4.69, 9.17) is 14.7 Å². The Morgan fingerprint density at radius 3 is 2.02 bits per heavy atom. The Hall–Kier alpha value is -5.27. The number of esters is 2. The van der Waals surface area contributed by atoms with E-state index >= 15 is 0 Å². The highest BCUT2D eigenvalue weighted by atomic mass is 17.1. The second kappa shape index (κ2) is 15.3. The number of rotatable bonds is 13. The number of carbonyl (C=O) groups is 5. The number of ether oxygens (including phenoxy) is 2. The van der Waals surface area contributed by atoms with Crippen LogP contribution in [0, 0.1) is 5.92 Å². The lowest BCUT2D eigenvalue weighted by Gasteiger charge is -2.14. The largest absolute Gasteiger partial charge is 0.478 e. The maximum Gasteiger partial charge on any atom is 0.338 e. The summed E-state index contributed by atoms with van der Waals surface area (Å²) >= 11 is 0. The molecule has 0 heterocycles. The van der Waals surface area contributed by atoms with E-state index < -0.39 is 29.7 Å². The third kappa shape index (κ3) is 8.40. The van der Waals surface area contributed by atoms with Crippen molar-refractivity contribution in [3.63, 3.8) is 0 Å². The van der Waals surface area contributed by atoms with Crippen LogP contribution in [0.2, 0.25) is 0 Å². The van der Waals surface area contributed by atoms with Gasteiger partial charge in [-0.15, -0.1) is 0 Å². The molecule has 0 saturated heterocycles. The molecular formula is C31H33N3O10. The van der Waals surface area contributed by atoms with Gasteiger partial charge in [-0.3, -0.25) is 19.6 Å². The van der Waals surface area contributed by atoms with Crippen LogP contribution in [0.5, 0.6) is 0 Å². The fourth-order valence-corrected chi connectivity index (χ4v) is 4.08. The van der Waals surface area contributed by atoms with Crippen LogP contribution in [0.25, 0.3) is 11.1 Å². The first-order valence-corrected chi connectivity index (χ1v) is 13.5. The number of anilines is 2. The van der Waals surface area contributed by atoms with Gasteiger partial charge in [0.05, 0.1) is 22.6 Å². The molecule has 0 aliphatic rings. The predicted molar refractivity (Wildman–Crippen MR) is 160 cm³/mol. The summed E-state index contributed by atoms with van der Waals surface area (Å²) in [5, 5.41) is 26.7. The van der Waals surface area contributed by atoms with E-state index in [1.807, 2.05) is 0 Å². The molecular weight excluding hydrogens is 574 g/mol. The highest BCUT2D eigenvalue weighted by Crippen LogP contribution is 2.27. The van der Waals surface area contributed by atoms with Gasteiger partial charge in [0.1, 0.15) is 19.8 Å². The lowest BCUT2D eigenvalue weighted by atomic mass is 9.95. The molecule has 0 atom stereocenters. The number of benzene rings is 3. The molecule has 5 N–H and O–H groups in total. The van der Waals surface area contributed by atoms with Gasteiger partial charge >= 0.3 is 17.9 Å². The summed E-state index contributed by atoms with van der Waals surface area (Å²) in [5.41, 5.74) is 1.83. The summed E-state index contributed by atoms with van der Waals surface area (Å²) < 4.78 is 10.2. The molecule has 0 aromatic heterocycles. The fourth-order valence-electron chi connectivity index (χ4n) is 4.08. The number of amides is 2. The number of hydrogen-bond donors (Lipinski definition) is 5. The number of aromatic carboxylic acids is 1. The zero-order chi connectivity index (χ0) is 32.4. The van der Waals surface area contributed by atoms with E-state index in [9.17, 15) is 29.1 Å². The van der Waals surface area contributed by atoms with Crippen LogP contribution in [-0.4, -0.2) is 67.4 Å². The van der Waals surface area contributed by atoms with Gasteiger partial charge in [0.25, 0.3) is 11.8 Å². The topological polar surface area (TPSA) is 190 Å². The first kappa shape index (κ1) is 33.2. The first-order chi connectivity index (χ1) is 21.0. The Kier molecular flexibility index (Phi) is 11.5. The van der Waals surface area contributed by atoms with Crippen LogP contribution < -0.4 is 16.0 Å². The van der Waals surface area contributed by atoms with E-state index in [1.54, 1.807) is 39.1 Å². The smallest absolute Gasteiger partial charge is 0.338 e. The monoisotopic (exact) mass is 607 g/mol. The molecule has 2 amide bonds. The van der Waals surface area contributed by atoms with E-state index in [-0.39, 0.29) is 53.7 Å². The maximum atomic E-state index is 13.4. The summed E-state index contributed by atoms with van der Waals surface area (Å²) in [6.45, 7) is 2.84. The average molecular weight is 608 g/mol. The lowest BCUT2D eigenvalue weighted by Crippen LogP contribution is -2.20. The third-order valence-electron chi connectivity index (χ3n) is 6.38. The molecule has 3 rings (SSSR count). The van der Waals surface area contributed by atoms with Crippen molar-refractivity contribution in [3.05, 3.63) is 82.4 Å². The van der Waals surface area contributed by atoms with Gasteiger partial charge in [0.15, 0.2) is 0 Å². The Labute approximate surface area is 253 Å². The Bertz CT molecular complexity index is 1570. The Balaban J connectivity index is 1.90. The van der Waals surface area contributed by atoms with Gasteiger partial charge in [-0.2, -0.15) is 0 Å². The minimum atomic E-state index is -1.34. The number of hydrogen-bond acceptors (Lipinski definition) is 10. The molecule has 0 unspecified atom stereocenters. The summed E-state index contributed by atoms with van der Waals surface area (Å²) in [4.78, 5) is 66.3. The van der Waals surface area contributed by atoms with E-state index in [0.29, 0.717) is 22.4 Å². The van der Waals surface area contributed by atoms with Gasteiger partial charge < -0.3 is 30.5 Å². The van der Waals surface area contributed by atoms with Crippen LogP contribution in [-0.2, 0) is 25.8 Å². The molecule has 0 bridgehead atoms. The number of nitrogens with one attached hydrogen (secondary N) is 3. The summed E-state index contributed by atoms with van der Waals surface area (Å²) in [5.74, 6) is -4.01. The molecule has 0 fully saturated rings. The van der Waals surface area contributed by atoms with Crippen molar-refractivity contribution in [1.29, 1.82) is 0 Å². The van der Waals surface area contributed by atoms with Gasteiger partial charge in [0, 0.05) is 31.0 Å². The van der Waals surface area contributed by atoms with Crippen LogP contribution in [0.3, 0.4) is 0 Å². The van der Waals surface area contributed by atoms with Crippen molar-refractivity contribution in [2.75, 3.05) is 37.9 Å². The molecule has 0 spiro atoms. The van der Waals surface area contributed by atoms with Crippen LogP contribution in [0.15, 0.2) is 54.6 Å². The number of carboxylic acid groups (broad SMARTS) is 1. The minimum Gasteiger partial charge on any atom is -0.478 e. The molecule has 44 heavy (non-hydrogen) atoms. The van der Waals surface area contributed by atoms with Crippen molar-refractivity contribution in [2.24, 2.45) is 5.92 Å². The zero-order valence-electron chi connectivity index (χ0n) is 24.6. The standard InChI is InChI=1S/C31H33N3O10/c1-17(2)30(39)42-9-10-43-31(40)21-11-22(32-3)15-23(12-21)34-28(36)26-14-19(7-8-24(26)29(37)38)18-5-6-20(16-44-41)25(13-18)27(35)33-4/h5-8,11-15,17,32,41H,9-10,16H2,1-4H3,(H,33,35)(H,34,36)(H,37,38). The average Bonchev–Trinajstić information content (AvgIpc) is 3.02. The number of carboxylic acids is 1. The molecule has 232 valence electrons. The minimum absolute atomic E-state index is 0.0863. The second-order valence-corrected chi connectivity index (χ2v) is 9.75. The van der Waals surface area contributed by atoms with Crippen molar-refractivity contribution in [1.82, 2.24) is 5.32 Å². The lowest BCUT2D eigenvalue weighted by molar-refractivity contribution is -0.253. The van der Waals surface area contributed by atoms with Crippen LogP contribution in [0.4, 0.5) is 11.4 Å². The SMILES string of the molecule is CNC(=O)c1cc(-c2ccc(C(=O)O)c(C(=O)Nc3cc(NC)cc(C(=O)OCCOC(=O)C(C)C)c3)c2)ccc1COO. The molecule has 0 saturated carbocycles. The summed E-state index contributed by atoms with van der Waals surface area (Å²) in [6.07, 6.45) is 0. The highest BCUT2D eigenvalue weighted by Gasteiger charge is 2.20. The van der Waals surface area contributed by atoms with E-state index in [1.165, 1.54) is 43.4 Å². The van der Waals surface area contributed by atoms with Gasteiger partial charge in [-0.25, -0.2) is 14.5 Å². The predicted octanol–water partition coefficient (Wildman–Crippen LogP) is 4.05. The van der Waals surface area contributed by atoms with Crippen molar-refractivity contribution in [3.8, 4) is 11.1 Å². The van der Waals surface area contributed by atoms with Crippen LogP contribution >= 0.6 is 0 Å². The van der Waals surface area contributed by atoms with Crippen molar-refractivity contribution < 1.29 is 48.7 Å². The summed E-state index contributed by atoms with van der Waals surface area (Å²) in [6, 6.07) is 13.3. The highest BCUT2D eigenvalue weighted by molar-refractivity contribution is 6.12. The molecule has 0 aliphatic carbocycles. The molecule has 0 aliphatic heterocycles. The molecule has 3 aromatic rings. The van der Waals surface area contributed by atoms with Crippen molar-refractivity contribution >= 4 is 41.1 Å². The normalized spacial score (nSPS) is 10.6.